The fourth-order valence-electron chi connectivity index (χ4n) is 0.796. The number of nitrogens with one attached hydrogen (secondary N) is 1. The van der Waals surface area contributed by atoms with Crippen LogP contribution < -0.4 is 5.32 Å². The van der Waals surface area contributed by atoms with Crippen molar-refractivity contribution >= 4 is 6.09 Å². The fourth-order valence-corrected chi connectivity index (χ4v) is 0.796. The molecule has 15 heavy (non-hydrogen) atoms. The first-order valence-electron chi connectivity index (χ1n) is 4.80. The van der Waals surface area contributed by atoms with E-state index in [1.165, 1.54) is 0 Å². The van der Waals surface area contributed by atoms with Gasteiger partial charge >= 0.3 is 6.09 Å². The van der Waals surface area contributed by atoms with Crippen molar-refractivity contribution in [2.24, 2.45) is 5.11 Å². The Morgan fingerprint density at radius 1 is 1.47 bits per heavy atom. The summed E-state index contributed by atoms with van der Waals surface area (Å²) in [6, 6.07) is -0.557. The van der Waals surface area contributed by atoms with Crippen molar-refractivity contribution in [1.29, 1.82) is 0 Å². The number of nitrogens with zero attached hydrogens (tertiary/aromatic N) is 3. The van der Waals surface area contributed by atoms with Gasteiger partial charge in [0, 0.05) is 11.0 Å². The molecule has 0 unspecified atom stereocenters. The number of hydrogen-bond acceptors (Lipinski definition) is 3. The van der Waals surface area contributed by atoms with E-state index >= 15 is 0 Å². The Kier molecular flexibility index (Phi) is 4.94. The Labute approximate surface area is 89.6 Å². The molecule has 0 aliphatic rings. The molecule has 1 N–H and O–H groups in total. The smallest absolute Gasteiger partial charge is 0.407 e. The van der Waals surface area contributed by atoms with E-state index in [4.69, 9.17) is 10.3 Å². The second kappa shape index (κ2) is 5.46. The first-order chi connectivity index (χ1) is 6.76. The molecule has 2 atom stereocenters. The zero-order valence-corrected chi connectivity index (χ0v) is 9.81. The summed E-state index contributed by atoms with van der Waals surface area (Å²) in [5.41, 5.74) is 7.70. The minimum Gasteiger partial charge on any atom is -0.444 e. The summed E-state index contributed by atoms with van der Waals surface area (Å²) in [5, 5.41) is 6.08. The van der Waals surface area contributed by atoms with E-state index in [-0.39, 0.29) is 12.1 Å². The lowest BCUT2D eigenvalue weighted by Crippen LogP contribution is -2.41. The molecule has 0 aromatic carbocycles. The zero-order valence-electron chi connectivity index (χ0n) is 9.81. The molecule has 0 heterocycles. The van der Waals surface area contributed by atoms with Gasteiger partial charge in [-0.25, -0.2) is 4.79 Å². The summed E-state index contributed by atoms with van der Waals surface area (Å²) in [4.78, 5) is 14.0. The molecule has 0 aromatic rings. The second-order valence-corrected chi connectivity index (χ2v) is 4.38. The topological polar surface area (TPSA) is 87.1 Å². The lowest BCUT2D eigenvalue weighted by Gasteiger charge is -2.23. The molecule has 0 saturated carbocycles. The Bertz CT molecular complexity index is 266. The minimum absolute atomic E-state index is 0.254. The monoisotopic (exact) mass is 214 g/mol. The van der Waals surface area contributed by atoms with E-state index in [9.17, 15) is 4.79 Å². The van der Waals surface area contributed by atoms with E-state index in [1.54, 1.807) is 34.6 Å². The van der Waals surface area contributed by atoms with Crippen molar-refractivity contribution in [3.63, 3.8) is 0 Å². The van der Waals surface area contributed by atoms with Crippen molar-refractivity contribution in [1.82, 2.24) is 5.32 Å². The van der Waals surface area contributed by atoms with Crippen LogP contribution in [0.3, 0.4) is 0 Å². The highest BCUT2D eigenvalue weighted by Gasteiger charge is 2.19. The Morgan fingerprint density at radius 2 is 2.00 bits per heavy atom. The van der Waals surface area contributed by atoms with Crippen LogP contribution in [0.1, 0.15) is 34.6 Å². The third kappa shape index (κ3) is 6.62. The lowest BCUT2D eigenvalue weighted by molar-refractivity contribution is 0.0503. The normalized spacial score (nSPS) is 14.7. The van der Waals surface area contributed by atoms with Gasteiger partial charge in [-0.1, -0.05) is 12.0 Å². The maximum atomic E-state index is 11.3. The van der Waals surface area contributed by atoms with E-state index < -0.39 is 11.7 Å². The highest BCUT2D eigenvalue weighted by molar-refractivity contribution is 5.68. The number of hydrogen-bond donors (Lipinski definition) is 1. The minimum atomic E-state index is -0.522. The van der Waals surface area contributed by atoms with Crippen LogP contribution >= 0.6 is 0 Å². The van der Waals surface area contributed by atoms with Crippen molar-refractivity contribution in [3.05, 3.63) is 10.4 Å². The van der Waals surface area contributed by atoms with E-state index in [0.29, 0.717) is 0 Å². The number of amides is 1. The van der Waals surface area contributed by atoms with Crippen LogP contribution in [0.5, 0.6) is 0 Å². The van der Waals surface area contributed by atoms with Gasteiger partial charge in [0.15, 0.2) is 0 Å². The molecule has 0 rings (SSSR count). The van der Waals surface area contributed by atoms with Crippen LogP contribution in [-0.2, 0) is 4.74 Å². The van der Waals surface area contributed by atoms with Gasteiger partial charge in [0.2, 0.25) is 0 Å². The van der Waals surface area contributed by atoms with Gasteiger partial charge < -0.3 is 10.1 Å². The van der Waals surface area contributed by atoms with Crippen molar-refractivity contribution < 1.29 is 9.53 Å². The summed E-state index contributed by atoms with van der Waals surface area (Å²) < 4.78 is 5.05. The third-order valence-corrected chi connectivity index (χ3v) is 1.70. The van der Waals surface area contributed by atoms with Crippen LogP contribution in [0.2, 0.25) is 0 Å². The number of carbonyl (C=O) groups is 1. The average molecular weight is 214 g/mol. The molecule has 0 aromatic heterocycles. The molecule has 0 aliphatic carbocycles. The molecule has 0 saturated heterocycles. The van der Waals surface area contributed by atoms with Crippen molar-refractivity contribution in [3.8, 4) is 0 Å². The number of alkyl carbamates (subject to hydrolysis) is 1. The Balaban J connectivity index is 4.13. The number of rotatable bonds is 3. The molecule has 0 radical (unpaired) electrons. The molecular weight excluding hydrogens is 196 g/mol. The summed E-state index contributed by atoms with van der Waals surface area (Å²) in [5.74, 6) is 0. The summed E-state index contributed by atoms with van der Waals surface area (Å²) in [6.07, 6.45) is -0.505. The first-order valence-corrected chi connectivity index (χ1v) is 4.80. The molecular formula is C9H18N4O2. The lowest BCUT2D eigenvalue weighted by atomic mass is 10.2. The summed E-state index contributed by atoms with van der Waals surface area (Å²) in [7, 11) is 0. The van der Waals surface area contributed by atoms with Crippen LogP contribution in [0, 0.1) is 0 Å². The predicted octanol–water partition coefficient (Wildman–Crippen LogP) is 2.60. The Hall–Kier alpha value is -1.42. The van der Waals surface area contributed by atoms with E-state index in [1.807, 2.05) is 0 Å². The van der Waals surface area contributed by atoms with Crippen LogP contribution in [0.25, 0.3) is 10.4 Å². The number of carbonyl (C=O) groups excluding carboxylic acids is 1. The zero-order chi connectivity index (χ0) is 12.1. The fraction of sp³-hybridized carbons (Fsp3) is 0.889. The molecule has 1 amide bonds. The number of azide groups is 1. The van der Waals surface area contributed by atoms with Gasteiger partial charge in [0.1, 0.15) is 5.60 Å². The van der Waals surface area contributed by atoms with Gasteiger partial charge in [-0.05, 0) is 33.2 Å². The maximum Gasteiger partial charge on any atom is 0.407 e. The Morgan fingerprint density at radius 3 is 2.40 bits per heavy atom. The highest BCUT2D eigenvalue weighted by atomic mass is 16.6. The third-order valence-electron chi connectivity index (χ3n) is 1.70. The molecule has 0 fully saturated rings. The summed E-state index contributed by atoms with van der Waals surface area (Å²) in [6.45, 7) is 8.83. The van der Waals surface area contributed by atoms with Crippen LogP contribution in [-0.4, -0.2) is 23.8 Å². The predicted molar refractivity (Wildman–Crippen MR) is 57.4 cm³/mol. The average Bonchev–Trinajstić information content (AvgIpc) is 2.00. The van der Waals surface area contributed by atoms with Gasteiger partial charge in [-0.15, -0.1) is 0 Å². The van der Waals surface area contributed by atoms with Crippen molar-refractivity contribution in [2.45, 2.75) is 52.3 Å². The molecule has 6 nitrogen and oxygen atoms in total. The molecule has 0 bridgehead atoms. The first kappa shape index (κ1) is 13.6. The van der Waals surface area contributed by atoms with Crippen molar-refractivity contribution in [2.75, 3.05) is 0 Å². The van der Waals surface area contributed by atoms with Gasteiger partial charge in [-0.2, -0.15) is 0 Å². The largest absolute Gasteiger partial charge is 0.444 e. The number of ether oxygens (including phenoxy) is 1. The molecule has 0 spiro atoms. The molecule has 0 aliphatic heterocycles. The molecule has 86 valence electrons. The van der Waals surface area contributed by atoms with E-state index in [0.717, 1.165) is 0 Å². The summed E-state index contributed by atoms with van der Waals surface area (Å²) >= 11 is 0. The highest BCUT2D eigenvalue weighted by Crippen LogP contribution is 2.07. The van der Waals surface area contributed by atoms with Crippen LogP contribution in [0.15, 0.2) is 5.11 Å². The SMILES string of the molecule is C[C@H](N=[N+]=[N-])[C@@H](C)NC(=O)OC(C)(C)C. The maximum absolute atomic E-state index is 11.3. The standard InChI is InChI=1S/C9H18N4O2/c1-6(7(2)12-13-10)11-8(14)15-9(3,4)5/h6-7H,1-5H3,(H,11,14)/t6-,7+/m1/s1. The van der Waals surface area contributed by atoms with Gasteiger partial charge in [-0.3, -0.25) is 0 Å². The van der Waals surface area contributed by atoms with E-state index in [2.05, 4.69) is 15.3 Å². The van der Waals surface area contributed by atoms with Gasteiger partial charge in [0.05, 0.1) is 6.04 Å². The second-order valence-electron chi connectivity index (χ2n) is 4.38. The quantitative estimate of drug-likeness (QED) is 0.444. The van der Waals surface area contributed by atoms with Gasteiger partial charge in [0.25, 0.3) is 0 Å². The van der Waals surface area contributed by atoms with Crippen LogP contribution in [0.4, 0.5) is 4.79 Å². The molecule has 6 heteroatoms.